The van der Waals surface area contributed by atoms with E-state index < -0.39 is 0 Å². The number of nitriles is 1. The van der Waals surface area contributed by atoms with Gasteiger partial charge in [-0.25, -0.2) is 0 Å². The first-order chi connectivity index (χ1) is 18.8. The van der Waals surface area contributed by atoms with Gasteiger partial charge < -0.3 is 21.4 Å². The highest BCUT2D eigenvalue weighted by atomic mass is 15.7. The molecule has 1 aliphatic carbocycles. The summed E-state index contributed by atoms with van der Waals surface area (Å²) in [6.07, 6.45) is 13.1. The fourth-order valence-electron chi connectivity index (χ4n) is 5.30. The van der Waals surface area contributed by atoms with Crippen LogP contribution in [0.2, 0.25) is 0 Å². The fourth-order valence-corrected chi connectivity index (χ4v) is 5.30. The largest absolute Gasteiger partial charge is 0.384 e. The van der Waals surface area contributed by atoms with Gasteiger partial charge in [-0.15, -0.1) is 12.0 Å². The lowest BCUT2D eigenvalue weighted by Gasteiger charge is -2.25. The Morgan fingerprint density at radius 2 is 2.08 bits per heavy atom. The van der Waals surface area contributed by atoms with Gasteiger partial charge >= 0.3 is 0 Å². The van der Waals surface area contributed by atoms with Gasteiger partial charge in [-0.1, -0.05) is 38.8 Å². The molecule has 0 saturated heterocycles. The van der Waals surface area contributed by atoms with Crippen LogP contribution in [0.4, 0.5) is 17.1 Å². The van der Waals surface area contributed by atoms with Crippen molar-refractivity contribution in [1.82, 2.24) is 21.0 Å². The quantitative estimate of drug-likeness (QED) is 0.279. The number of nitrogens with zero attached hydrogens (tertiary/aromatic N) is 3. The van der Waals surface area contributed by atoms with E-state index in [0.29, 0.717) is 22.7 Å². The average molecular weight is 519 g/mol. The van der Waals surface area contributed by atoms with Crippen LogP contribution in [0.25, 0.3) is 10.9 Å². The normalized spacial score (nSPS) is 16.9. The Kier molecular flexibility index (Phi) is 6.21. The summed E-state index contributed by atoms with van der Waals surface area (Å²) in [7, 11) is 0. The minimum atomic E-state index is -0.158. The van der Waals surface area contributed by atoms with E-state index in [1.54, 1.807) is 6.20 Å². The van der Waals surface area contributed by atoms with Crippen LogP contribution in [0, 0.1) is 29.1 Å². The van der Waals surface area contributed by atoms with Crippen molar-refractivity contribution >= 4 is 28.0 Å². The average Bonchev–Trinajstić information content (AvgIpc) is 3.45. The number of terminal acetylenes is 1. The van der Waals surface area contributed by atoms with Crippen LogP contribution < -0.4 is 26.9 Å². The minimum absolute atomic E-state index is 0.0449. The smallest absolute Gasteiger partial charge is 0.102 e. The maximum Gasteiger partial charge on any atom is 0.102 e. The maximum absolute atomic E-state index is 10.1. The Morgan fingerprint density at radius 1 is 1.23 bits per heavy atom. The summed E-state index contributed by atoms with van der Waals surface area (Å²) in [6.45, 7) is 8.17. The molecule has 0 bridgehead atoms. The molecule has 3 aliphatic rings. The summed E-state index contributed by atoms with van der Waals surface area (Å²) in [6, 6.07) is 13.1. The van der Waals surface area contributed by atoms with Crippen molar-refractivity contribution in [2.45, 2.75) is 52.1 Å². The third-order valence-corrected chi connectivity index (χ3v) is 7.43. The van der Waals surface area contributed by atoms with Gasteiger partial charge in [0.05, 0.1) is 34.1 Å². The van der Waals surface area contributed by atoms with Gasteiger partial charge in [0.1, 0.15) is 6.07 Å². The zero-order valence-electron chi connectivity index (χ0n) is 22.7. The molecule has 0 amide bonds. The lowest BCUT2D eigenvalue weighted by atomic mass is 9.95. The SMILES string of the molecule is C#Cc1cnc2c(C#N)cc(N[C@H](C3=CN(C4CC4)NN3)c3cccc4c3CCN4)cc2c1NCC(C)(C)C. The molecule has 0 radical (unpaired) electrons. The summed E-state index contributed by atoms with van der Waals surface area (Å²) >= 11 is 0. The summed E-state index contributed by atoms with van der Waals surface area (Å²) in [4.78, 5) is 4.59. The van der Waals surface area contributed by atoms with Gasteiger partial charge in [0.25, 0.3) is 0 Å². The molecule has 1 fully saturated rings. The van der Waals surface area contributed by atoms with Crippen LogP contribution in [0.1, 0.15) is 61.9 Å². The Hall–Kier alpha value is -4.40. The molecule has 198 valence electrons. The standard InChI is InChI=1S/C31H34N8/c1-5-19-16-34-29-20(15-32)13-21(14-25(29)28(19)35-18-31(2,3)4)36-30(27-17-39(38-37-27)22-9-10-22)24-7-6-8-26-23(24)11-12-33-26/h1,6-8,13-14,16-17,22,30,33,36-38H,9-12,18H2,2-4H3,(H,34,35)/t30-/m0/s1. The van der Waals surface area contributed by atoms with Crippen LogP contribution in [0.3, 0.4) is 0 Å². The van der Waals surface area contributed by atoms with Gasteiger partial charge in [-0.05, 0) is 54.0 Å². The molecule has 3 heterocycles. The van der Waals surface area contributed by atoms with Crippen molar-refractivity contribution in [2.75, 3.05) is 29.0 Å². The number of fused-ring (bicyclic) bond motifs is 2. The number of rotatable bonds is 7. The maximum atomic E-state index is 10.1. The first-order valence-corrected chi connectivity index (χ1v) is 13.6. The molecule has 8 heteroatoms. The number of hydrogen-bond acceptors (Lipinski definition) is 8. The van der Waals surface area contributed by atoms with E-state index in [-0.39, 0.29) is 11.5 Å². The van der Waals surface area contributed by atoms with Crippen molar-refractivity contribution in [1.29, 1.82) is 5.26 Å². The van der Waals surface area contributed by atoms with E-state index in [9.17, 15) is 5.26 Å². The first kappa shape index (κ1) is 24.9. The molecule has 2 aliphatic heterocycles. The lowest BCUT2D eigenvalue weighted by Crippen LogP contribution is -2.38. The second-order valence-corrected chi connectivity index (χ2v) is 11.7. The molecule has 8 nitrogen and oxygen atoms in total. The second kappa shape index (κ2) is 9.72. The fraction of sp³-hybridized carbons (Fsp3) is 0.355. The van der Waals surface area contributed by atoms with Crippen molar-refractivity contribution in [2.24, 2.45) is 5.41 Å². The van der Waals surface area contributed by atoms with Crippen LogP contribution in [0.5, 0.6) is 0 Å². The van der Waals surface area contributed by atoms with Crippen LogP contribution in [-0.4, -0.2) is 29.1 Å². The van der Waals surface area contributed by atoms with E-state index in [2.05, 4.69) is 100 Å². The van der Waals surface area contributed by atoms with Crippen LogP contribution >= 0.6 is 0 Å². The predicted octanol–water partition coefficient (Wildman–Crippen LogP) is 5.00. The first-order valence-electron chi connectivity index (χ1n) is 13.6. The van der Waals surface area contributed by atoms with E-state index in [1.807, 2.05) is 6.07 Å². The number of hydrogen-bond donors (Lipinski definition) is 5. The Balaban J connectivity index is 1.45. The Morgan fingerprint density at radius 3 is 2.82 bits per heavy atom. The number of nitrogens with one attached hydrogen (secondary N) is 5. The Bertz CT molecular complexity index is 1550. The van der Waals surface area contributed by atoms with Gasteiger partial charge in [0, 0.05) is 48.3 Å². The Labute approximate surface area is 229 Å². The van der Waals surface area contributed by atoms with E-state index in [0.717, 1.165) is 42.0 Å². The highest BCUT2D eigenvalue weighted by molar-refractivity contribution is 5.99. The van der Waals surface area contributed by atoms with Gasteiger partial charge in [0.15, 0.2) is 0 Å². The van der Waals surface area contributed by atoms with Crippen molar-refractivity contribution < 1.29 is 0 Å². The molecule has 3 aromatic rings. The van der Waals surface area contributed by atoms with Gasteiger partial charge in [-0.2, -0.15) is 5.26 Å². The monoisotopic (exact) mass is 518 g/mol. The molecular formula is C31H34N8. The third-order valence-electron chi connectivity index (χ3n) is 7.43. The summed E-state index contributed by atoms with van der Waals surface area (Å²) in [5.41, 5.74) is 15.0. The van der Waals surface area contributed by atoms with Gasteiger partial charge in [-0.3, -0.25) is 9.99 Å². The second-order valence-electron chi connectivity index (χ2n) is 11.7. The van der Waals surface area contributed by atoms with Crippen molar-refractivity contribution in [3.8, 4) is 18.4 Å². The molecule has 1 atom stereocenters. The zero-order valence-corrected chi connectivity index (χ0v) is 22.7. The molecule has 6 rings (SSSR count). The summed E-state index contributed by atoms with van der Waals surface area (Å²) < 4.78 is 0. The number of pyridine rings is 1. The molecule has 1 saturated carbocycles. The van der Waals surface area contributed by atoms with E-state index >= 15 is 0 Å². The highest BCUT2D eigenvalue weighted by Crippen LogP contribution is 2.38. The zero-order chi connectivity index (χ0) is 27.1. The van der Waals surface area contributed by atoms with E-state index in [1.165, 1.54) is 29.7 Å². The highest BCUT2D eigenvalue weighted by Gasteiger charge is 2.33. The van der Waals surface area contributed by atoms with Crippen molar-refractivity contribution in [3.63, 3.8) is 0 Å². The topological polar surface area (TPSA) is 100 Å². The summed E-state index contributed by atoms with van der Waals surface area (Å²) in [5.74, 6) is 2.77. The molecule has 5 N–H and O–H groups in total. The number of hydrazine groups is 2. The number of anilines is 3. The molecule has 2 aromatic carbocycles. The number of aromatic nitrogens is 1. The van der Waals surface area contributed by atoms with E-state index in [4.69, 9.17) is 6.42 Å². The summed E-state index contributed by atoms with van der Waals surface area (Å²) in [5, 5.41) is 23.9. The van der Waals surface area contributed by atoms with Crippen molar-refractivity contribution in [3.05, 3.63) is 70.7 Å². The molecule has 1 aromatic heterocycles. The molecule has 39 heavy (non-hydrogen) atoms. The van der Waals surface area contributed by atoms with Crippen LogP contribution in [-0.2, 0) is 6.42 Å². The third kappa shape index (κ3) is 4.92. The molecule has 0 spiro atoms. The predicted molar refractivity (Wildman–Crippen MR) is 157 cm³/mol. The van der Waals surface area contributed by atoms with Crippen LogP contribution in [0.15, 0.2) is 48.4 Å². The number of benzene rings is 2. The van der Waals surface area contributed by atoms with Gasteiger partial charge in [0.2, 0.25) is 0 Å². The lowest BCUT2D eigenvalue weighted by molar-refractivity contribution is 0.260. The molecular weight excluding hydrogens is 484 g/mol. The minimum Gasteiger partial charge on any atom is -0.384 e. The molecule has 0 unspecified atom stereocenters.